The first-order chi connectivity index (χ1) is 12.1. The monoisotopic (exact) mass is 341 g/mol. The van der Waals surface area contributed by atoms with Crippen LogP contribution in [0.4, 0.5) is 0 Å². The summed E-state index contributed by atoms with van der Waals surface area (Å²) in [6, 6.07) is 5.97. The Morgan fingerprint density at radius 3 is 3.16 bits per heavy atom. The summed E-state index contributed by atoms with van der Waals surface area (Å²) in [4.78, 5) is 17.2. The van der Waals surface area contributed by atoms with Gasteiger partial charge in [-0.1, -0.05) is 12.1 Å². The van der Waals surface area contributed by atoms with Crippen LogP contribution in [0.25, 0.3) is 0 Å². The van der Waals surface area contributed by atoms with Gasteiger partial charge in [0.05, 0.1) is 18.7 Å². The van der Waals surface area contributed by atoms with E-state index in [0.29, 0.717) is 13.0 Å². The number of aromatic nitrogens is 2. The highest BCUT2D eigenvalue weighted by molar-refractivity contribution is 5.80. The van der Waals surface area contributed by atoms with E-state index in [4.69, 9.17) is 9.47 Å². The molecule has 2 aromatic rings. The van der Waals surface area contributed by atoms with Crippen molar-refractivity contribution in [2.24, 2.45) is 5.92 Å². The molecular weight excluding hydrogens is 318 g/mol. The molecule has 0 bridgehead atoms. The SMILES string of the molecule is COc1cccc2c1OCC(C(=O)NC1CCc3nc(C)cn3C1)C2. The van der Waals surface area contributed by atoms with Crippen molar-refractivity contribution in [2.75, 3.05) is 13.7 Å². The van der Waals surface area contributed by atoms with E-state index in [2.05, 4.69) is 21.1 Å². The molecule has 2 atom stereocenters. The number of hydrogen-bond donors (Lipinski definition) is 1. The van der Waals surface area contributed by atoms with E-state index in [1.807, 2.05) is 25.1 Å². The maximum absolute atomic E-state index is 12.7. The summed E-state index contributed by atoms with van der Waals surface area (Å²) in [6.45, 7) is 3.19. The van der Waals surface area contributed by atoms with Gasteiger partial charge in [-0.05, 0) is 31.4 Å². The number of methoxy groups -OCH3 is 1. The lowest BCUT2D eigenvalue weighted by Crippen LogP contribution is -2.46. The average Bonchev–Trinajstić information content (AvgIpc) is 3.00. The Bertz CT molecular complexity index is 799. The summed E-state index contributed by atoms with van der Waals surface area (Å²) in [5.74, 6) is 2.52. The Hall–Kier alpha value is -2.50. The smallest absolute Gasteiger partial charge is 0.227 e. The molecular formula is C19H23N3O3. The summed E-state index contributed by atoms with van der Waals surface area (Å²) < 4.78 is 13.3. The molecule has 25 heavy (non-hydrogen) atoms. The summed E-state index contributed by atoms with van der Waals surface area (Å²) in [6.07, 6.45) is 4.57. The molecule has 2 unspecified atom stereocenters. The average molecular weight is 341 g/mol. The first-order valence-electron chi connectivity index (χ1n) is 8.75. The van der Waals surface area contributed by atoms with Crippen LogP contribution in [0.2, 0.25) is 0 Å². The van der Waals surface area contributed by atoms with Gasteiger partial charge in [-0.2, -0.15) is 0 Å². The van der Waals surface area contributed by atoms with Gasteiger partial charge in [0.1, 0.15) is 12.4 Å². The lowest BCUT2D eigenvalue weighted by molar-refractivity contribution is -0.127. The number of para-hydroxylation sites is 1. The Morgan fingerprint density at radius 1 is 1.44 bits per heavy atom. The second kappa shape index (κ2) is 6.43. The summed E-state index contributed by atoms with van der Waals surface area (Å²) >= 11 is 0. The fourth-order valence-corrected chi connectivity index (χ4v) is 3.75. The number of rotatable bonds is 3. The number of imidazole rings is 1. The van der Waals surface area contributed by atoms with Gasteiger partial charge < -0.3 is 19.4 Å². The van der Waals surface area contributed by atoms with Crippen molar-refractivity contribution >= 4 is 5.91 Å². The highest BCUT2D eigenvalue weighted by atomic mass is 16.5. The predicted octanol–water partition coefficient (Wildman–Crippen LogP) is 1.88. The first-order valence-corrected chi connectivity index (χ1v) is 8.75. The minimum Gasteiger partial charge on any atom is -0.493 e. The molecule has 1 amide bonds. The number of nitrogens with one attached hydrogen (secondary N) is 1. The van der Waals surface area contributed by atoms with Crippen molar-refractivity contribution in [1.82, 2.24) is 14.9 Å². The third-order valence-corrected chi connectivity index (χ3v) is 5.01. The van der Waals surface area contributed by atoms with E-state index in [-0.39, 0.29) is 17.9 Å². The van der Waals surface area contributed by atoms with Gasteiger partial charge in [-0.3, -0.25) is 4.79 Å². The topological polar surface area (TPSA) is 65.4 Å². The quantitative estimate of drug-likeness (QED) is 0.926. The zero-order chi connectivity index (χ0) is 17.4. The van der Waals surface area contributed by atoms with Crippen molar-refractivity contribution in [3.05, 3.63) is 41.5 Å². The highest BCUT2D eigenvalue weighted by Crippen LogP contribution is 2.36. The number of amides is 1. The minimum atomic E-state index is -0.162. The van der Waals surface area contributed by atoms with Crippen molar-refractivity contribution in [2.45, 2.75) is 38.8 Å². The van der Waals surface area contributed by atoms with Gasteiger partial charge in [-0.15, -0.1) is 0 Å². The molecule has 4 rings (SSSR count). The van der Waals surface area contributed by atoms with Crippen molar-refractivity contribution in [3.63, 3.8) is 0 Å². The van der Waals surface area contributed by atoms with Crippen LogP contribution in [0.5, 0.6) is 11.5 Å². The van der Waals surface area contributed by atoms with Crippen LogP contribution < -0.4 is 14.8 Å². The van der Waals surface area contributed by atoms with Crippen molar-refractivity contribution in [3.8, 4) is 11.5 Å². The summed E-state index contributed by atoms with van der Waals surface area (Å²) in [7, 11) is 1.63. The fraction of sp³-hybridized carbons (Fsp3) is 0.474. The molecule has 3 heterocycles. The zero-order valence-corrected chi connectivity index (χ0v) is 14.6. The van der Waals surface area contributed by atoms with E-state index < -0.39 is 0 Å². The number of benzene rings is 1. The van der Waals surface area contributed by atoms with Crippen molar-refractivity contribution in [1.29, 1.82) is 0 Å². The second-order valence-electron chi connectivity index (χ2n) is 6.86. The normalized spacial score (nSPS) is 21.7. The standard InChI is InChI=1S/C19H23N3O3/c1-12-9-22-10-15(6-7-17(22)20-12)21-19(23)14-8-13-4-3-5-16(24-2)18(13)25-11-14/h3-5,9,14-15H,6-8,10-11H2,1-2H3,(H,21,23). The Kier molecular flexibility index (Phi) is 4.11. The molecule has 0 aliphatic carbocycles. The Balaban J connectivity index is 1.41. The molecule has 2 aliphatic rings. The van der Waals surface area contributed by atoms with Crippen molar-refractivity contribution < 1.29 is 14.3 Å². The van der Waals surface area contributed by atoms with Gasteiger partial charge in [-0.25, -0.2) is 4.98 Å². The maximum atomic E-state index is 12.7. The number of aryl methyl sites for hydroxylation is 2. The van der Waals surface area contributed by atoms with Crippen LogP contribution >= 0.6 is 0 Å². The third-order valence-electron chi connectivity index (χ3n) is 5.01. The number of carbonyl (C=O) groups is 1. The summed E-state index contributed by atoms with van der Waals surface area (Å²) in [5.41, 5.74) is 2.06. The van der Waals surface area contributed by atoms with E-state index in [1.165, 1.54) is 0 Å². The molecule has 6 nitrogen and oxygen atoms in total. The van der Waals surface area contributed by atoms with E-state index in [0.717, 1.165) is 48.0 Å². The Morgan fingerprint density at radius 2 is 2.32 bits per heavy atom. The minimum absolute atomic E-state index is 0.0683. The van der Waals surface area contributed by atoms with Crippen LogP contribution in [0, 0.1) is 12.8 Å². The van der Waals surface area contributed by atoms with E-state index in [9.17, 15) is 4.79 Å². The molecule has 0 spiro atoms. The molecule has 1 aromatic carbocycles. The van der Waals surface area contributed by atoms with Crippen LogP contribution in [0.1, 0.15) is 23.5 Å². The second-order valence-corrected chi connectivity index (χ2v) is 6.86. The molecule has 2 aliphatic heterocycles. The van der Waals surface area contributed by atoms with Crippen LogP contribution in [-0.4, -0.2) is 35.2 Å². The highest BCUT2D eigenvalue weighted by Gasteiger charge is 2.30. The molecule has 132 valence electrons. The lowest BCUT2D eigenvalue weighted by Gasteiger charge is -2.29. The number of ether oxygens (including phenoxy) is 2. The molecule has 0 fully saturated rings. The molecule has 6 heteroatoms. The number of hydrogen-bond acceptors (Lipinski definition) is 4. The van der Waals surface area contributed by atoms with Crippen LogP contribution in [-0.2, 0) is 24.2 Å². The molecule has 1 aromatic heterocycles. The zero-order valence-electron chi connectivity index (χ0n) is 14.6. The largest absolute Gasteiger partial charge is 0.493 e. The lowest BCUT2D eigenvalue weighted by atomic mass is 9.95. The number of fused-ring (bicyclic) bond motifs is 2. The van der Waals surface area contributed by atoms with Crippen LogP contribution in [0.15, 0.2) is 24.4 Å². The molecule has 1 N–H and O–H groups in total. The number of nitrogens with zero attached hydrogens (tertiary/aromatic N) is 2. The maximum Gasteiger partial charge on any atom is 0.227 e. The van der Waals surface area contributed by atoms with Gasteiger partial charge in [0.2, 0.25) is 5.91 Å². The summed E-state index contributed by atoms with van der Waals surface area (Å²) in [5, 5.41) is 3.20. The Labute approximate surface area is 147 Å². The first kappa shape index (κ1) is 16.0. The van der Waals surface area contributed by atoms with E-state index in [1.54, 1.807) is 7.11 Å². The number of carbonyl (C=O) groups excluding carboxylic acids is 1. The van der Waals surface area contributed by atoms with Gasteiger partial charge >= 0.3 is 0 Å². The van der Waals surface area contributed by atoms with E-state index >= 15 is 0 Å². The molecule has 0 radical (unpaired) electrons. The van der Waals surface area contributed by atoms with Gasteiger partial charge in [0, 0.05) is 25.2 Å². The fourth-order valence-electron chi connectivity index (χ4n) is 3.75. The predicted molar refractivity (Wildman–Crippen MR) is 92.9 cm³/mol. The van der Waals surface area contributed by atoms with Gasteiger partial charge in [0.25, 0.3) is 0 Å². The van der Waals surface area contributed by atoms with Gasteiger partial charge in [0.15, 0.2) is 11.5 Å². The van der Waals surface area contributed by atoms with Crippen LogP contribution in [0.3, 0.4) is 0 Å². The molecule has 0 saturated heterocycles. The third kappa shape index (κ3) is 3.08. The molecule has 0 saturated carbocycles.